The number of hydrogen-bond acceptors (Lipinski definition) is 3. The molecule has 5 nitrogen and oxygen atoms in total. The molecule has 3 aliphatic rings. The number of nitrogens with one attached hydrogen (secondary N) is 1. The van der Waals surface area contributed by atoms with E-state index in [1.165, 1.54) is 41.8 Å². The second kappa shape index (κ2) is 7.37. The van der Waals surface area contributed by atoms with Gasteiger partial charge in [-0.05, 0) is 68.1 Å². The summed E-state index contributed by atoms with van der Waals surface area (Å²) >= 11 is 6.24. The van der Waals surface area contributed by atoms with Crippen LogP contribution in [-0.2, 0) is 10.0 Å². The minimum atomic E-state index is -3.60. The zero-order valence-corrected chi connectivity index (χ0v) is 17.2. The smallest absolute Gasteiger partial charge is 0.253 e. The summed E-state index contributed by atoms with van der Waals surface area (Å²) in [5, 5.41) is 3.39. The first-order chi connectivity index (χ1) is 12.8. The van der Waals surface area contributed by atoms with Gasteiger partial charge in [-0.3, -0.25) is 4.79 Å². The van der Waals surface area contributed by atoms with Gasteiger partial charge >= 0.3 is 0 Å². The van der Waals surface area contributed by atoms with Gasteiger partial charge in [-0.15, -0.1) is 0 Å². The highest BCUT2D eigenvalue weighted by molar-refractivity contribution is 7.89. The summed E-state index contributed by atoms with van der Waals surface area (Å²) in [5.74, 6) is 1.57. The van der Waals surface area contributed by atoms with Gasteiger partial charge in [-0.1, -0.05) is 24.9 Å². The van der Waals surface area contributed by atoms with Crippen molar-refractivity contribution >= 4 is 27.5 Å². The number of hydrogen-bond donors (Lipinski definition) is 1. The van der Waals surface area contributed by atoms with Gasteiger partial charge in [0.15, 0.2) is 0 Å². The van der Waals surface area contributed by atoms with Crippen molar-refractivity contribution in [1.82, 2.24) is 9.62 Å². The molecule has 1 N–H and O–H groups in total. The van der Waals surface area contributed by atoms with Crippen LogP contribution in [0.5, 0.6) is 0 Å². The molecule has 1 aliphatic heterocycles. The van der Waals surface area contributed by atoms with Crippen molar-refractivity contribution in [2.24, 2.45) is 17.8 Å². The van der Waals surface area contributed by atoms with Crippen LogP contribution in [0.1, 0.15) is 55.8 Å². The van der Waals surface area contributed by atoms with Crippen LogP contribution < -0.4 is 5.32 Å². The molecule has 1 aromatic carbocycles. The second-order valence-electron chi connectivity index (χ2n) is 8.48. The maximum Gasteiger partial charge on any atom is 0.253 e. The fourth-order valence-electron chi connectivity index (χ4n) is 4.88. The van der Waals surface area contributed by atoms with Crippen LogP contribution in [0.25, 0.3) is 0 Å². The van der Waals surface area contributed by atoms with Crippen molar-refractivity contribution in [3.05, 3.63) is 28.8 Å². The molecule has 4 rings (SSSR count). The molecule has 27 heavy (non-hydrogen) atoms. The molecule has 2 aliphatic carbocycles. The van der Waals surface area contributed by atoms with Crippen molar-refractivity contribution in [1.29, 1.82) is 0 Å². The Bertz CT molecular complexity index is 834. The summed E-state index contributed by atoms with van der Waals surface area (Å²) in [6, 6.07) is 4.66. The second-order valence-corrected chi connectivity index (χ2v) is 10.8. The third-order valence-corrected chi connectivity index (χ3v) is 8.84. The van der Waals surface area contributed by atoms with Crippen molar-refractivity contribution < 1.29 is 13.2 Å². The Balaban J connectivity index is 1.53. The van der Waals surface area contributed by atoms with Gasteiger partial charge in [-0.2, -0.15) is 4.31 Å². The Morgan fingerprint density at radius 2 is 1.89 bits per heavy atom. The first-order valence-electron chi connectivity index (χ1n) is 9.95. The number of piperidine rings is 1. The molecule has 2 saturated carbocycles. The van der Waals surface area contributed by atoms with E-state index in [2.05, 4.69) is 12.2 Å². The molecule has 3 atom stereocenters. The van der Waals surface area contributed by atoms with Gasteiger partial charge in [0.2, 0.25) is 10.0 Å². The normalized spacial score (nSPS) is 29.2. The molecular formula is C20H27ClN2O3S. The molecule has 7 heteroatoms. The van der Waals surface area contributed by atoms with Gasteiger partial charge in [0.25, 0.3) is 5.91 Å². The summed E-state index contributed by atoms with van der Waals surface area (Å²) in [5.41, 5.74) is 0.255. The lowest BCUT2D eigenvalue weighted by Gasteiger charge is -2.29. The van der Waals surface area contributed by atoms with Crippen LogP contribution in [0.4, 0.5) is 0 Å². The van der Waals surface area contributed by atoms with Crippen LogP contribution in [0.3, 0.4) is 0 Å². The van der Waals surface area contributed by atoms with E-state index in [9.17, 15) is 13.2 Å². The average molecular weight is 411 g/mol. The number of sulfonamides is 1. The molecule has 148 valence electrons. The molecule has 3 fully saturated rings. The lowest BCUT2D eigenvalue weighted by atomic mass is 9.95. The third-order valence-electron chi connectivity index (χ3n) is 6.62. The molecule has 0 unspecified atom stereocenters. The van der Waals surface area contributed by atoms with Gasteiger partial charge < -0.3 is 5.32 Å². The average Bonchev–Trinajstić information content (AvgIpc) is 3.25. The van der Waals surface area contributed by atoms with Gasteiger partial charge in [0.1, 0.15) is 0 Å². The Morgan fingerprint density at radius 1 is 1.15 bits per heavy atom. The first-order valence-corrected chi connectivity index (χ1v) is 11.8. The highest BCUT2D eigenvalue weighted by atomic mass is 35.5. The highest BCUT2D eigenvalue weighted by Crippen LogP contribution is 2.44. The maximum atomic E-state index is 13.0. The number of benzene rings is 1. The predicted molar refractivity (Wildman–Crippen MR) is 105 cm³/mol. The van der Waals surface area contributed by atoms with Gasteiger partial charge in [-0.25, -0.2) is 8.42 Å². The molecule has 0 aromatic heterocycles. The lowest BCUT2D eigenvalue weighted by molar-refractivity contribution is 0.0923. The molecule has 2 bridgehead atoms. The van der Waals surface area contributed by atoms with Crippen molar-refractivity contribution in [3.8, 4) is 0 Å². The zero-order chi connectivity index (χ0) is 19.2. The van der Waals surface area contributed by atoms with Crippen LogP contribution in [0, 0.1) is 17.8 Å². The number of rotatable bonds is 4. The van der Waals surface area contributed by atoms with Crippen molar-refractivity contribution in [2.45, 2.75) is 56.4 Å². The first kappa shape index (κ1) is 19.2. The molecule has 0 spiro atoms. The highest BCUT2D eigenvalue weighted by Gasteiger charge is 2.40. The van der Waals surface area contributed by atoms with Crippen molar-refractivity contribution in [2.75, 3.05) is 13.1 Å². The van der Waals surface area contributed by atoms with Gasteiger partial charge in [0.05, 0.1) is 15.5 Å². The number of amides is 1. The summed E-state index contributed by atoms with van der Waals surface area (Å²) in [7, 11) is -3.60. The fourth-order valence-corrected chi connectivity index (χ4v) is 6.58. The minimum Gasteiger partial charge on any atom is -0.349 e. The van der Waals surface area contributed by atoms with E-state index in [0.717, 1.165) is 25.2 Å². The standard InChI is InChI=1S/C20H27ClN2O3S/c1-13-6-8-23(9-7-13)27(25,26)16-4-5-18(21)17(12-16)20(24)22-19-11-14-2-3-15(19)10-14/h4-5,12-15,19H,2-3,6-11H2,1H3,(H,22,24)/t14-,15-,19+/m0/s1. The topological polar surface area (TPSA) is 66.5 Å². The van der Waals surface area contributed by atoms with E-state index >= 15 is 0 Å². The number of fused-ring (bicyclic) bond motifs is 2. The number of nitrogens with zero attached hydrogens (tertiary/aromatic N) is 1. The van der Waals surface area contributed by atoms with Crippen LogP contribution in [0.15, 0.2) is 23.1 Å². The summed E-state index contributed by atoms with van der Waals surface area (Å²) < 4.78 is 27.5. The molecule has 1 amide bonds. The fraction of sp³-hybridized carbons (Fsp3) is 0.650. The Hall–Kier alpha value is -1.11. The summed E-state index contributed by atoms with van der Waals surface area (Å²) in [6.07, 6.45) is 6.39. The molecule has 1 heterocycles. The third kappa shape index (κ3) is 3.76. The molecule has 0 radical (unpaired) electrons. The quantitative estimate of drug-likeness (QED) is 0.823. The SMILES string of the molecule is CC1CCN(S(=O)(=O)c2ccc(Cl)c(C(=O)N[C@@H]3C[C@H]4CC[C@H]3C4)c2)CC1. The van der Waals surface area contributed by atoms with E-state index < -0.39 is 10.0 Å². The summed E-state index contributed by atoms with van der Waals surface area (Å²) in [4.78, 5) is 12.9. The molecular weight excluding hydrogens is 384 g/mol. The van der Waals surface area contributed by atoms with E-state index in [4.69, 9.17) is 11.6 Å². The zero-order valence-electron chi connectivity index (χ0n) is 15.7. The number of carbonyl (C=O) groups excluding carboxylic acids is 1. The minimum absolute atomic E-state index is 0.152. The number of carbonyl (C=O) groups is 1. The van der Waals surface area contributed by atoms with E-state index in [-0.39, 0.29) is 22.4 Å². The number of halogens is 1. The lowest BCUT2D eigenvalue weighted by Crippen LogP contribution is -2.39. The monoisotopic (exact) mass is 410 g/mol. The summed E-state index contributed by atoms with van der Waals surface area (Å²) in [6.45, 7) is 3.20. The van der Waals surface area contributed by atoms with E-state index in [0.29, 0.717) is 29.9 Å². The van der Waals surface area contributed by atoms with E-state index in [1.54, 1.807) is 0 Å². The Morgan fingerprint density at radius 3 is 2.52 bits per heavy atom. The van der Waals surface area contributed by atoms with E-state index in [1.807, 2.05) is 0 Å². The predicted octanol–water partition coefficient (Wildman–Crippen LogP) is 3.68. The molecule has 1 saturated heterocycles. The Kier molecular flexibility index (Phi) is 5.25. The van der Waals surface area contributed by atoms with Crippen LogP contribution in [0.2, 0.25) is 5.02 Å². The van der Waals surface area contributed by atoms with Gasteiger partial charge in [0, 0.05) is 19.1 Å². The van der Waals surface area contributed by atoms with Crippen LogP contribution in [-0.4, -0.2) is 37.8 Å². The van der Waals surface area contributed by atoms with Crippen molar-refractivity contribution in [3.63, 3.8) is 0 Å². The largest absolute Gasteiger partial charge is 0.349 e. The Labute approximate surface area is 166 Å². The van der Waals surface area contributed by atoms with Crippen LogP contribution >= 0.6 is 11.6 Å². The molecule has 1 aromatic rings. The maximum absolute atomic E-state index is 13.0.